The zero-order valence-electron chi connectivity index (χ0n) is 11.2. The van der Waals surface area contributed by atoms with Gasteiger partial charge >= 0.3 is 0 Å². The van der Waals surface area contributed by atoms with Crippen molar-refractivity contribution in [1.29, 1.82) is 0 Å². The zero-order chi connectivity index (χ0) is 13.1. The normalized spacial score (nSPS) is 13.9. The molecule has 0 unspecified atom stereocenters. The highest BCUT2D eigenvalue weighted by Crippen LogP contribution is 2.29. The van der Waals surface area contributed by atoms with Crippen LogP contribution in [0.25, 0.3) is 0 Å². The van der Waals surface area contributed by atoms with Crippen LogP contribution < -0.4 is 5.32 Å². The van der Waals surface area contributed by atoms with Crippen LogP contribution in [0, 0.1) is 0 Å². The van der Waals surface area contributed by atoms with E-state index in [9.17, 15) is 4.79 Å². The van der Waals surface area contributed by atoms with Crippen molar-refractivity contribution < 1.29 is 4.79 Å². The summed E-state index contributed by atoms with van der Waals surface area (Å²) in [5.41, 5.74) is 3.25. The quantitative estimate of drug-likeness (QED) is 0.829. The van der Waals surface area contributed by atoms with Gasteiger partial charge in [-0.2, -0.15) is 0 Å². The first-order chi connectivity index (χ1) is 8.65. The van der Waals surface area contributed by atoms with Gasteiger partial charge in [-0.05, 0) is 49.5 Å². The van der Waals surface area contributed by atoms with Gasteiger partial charge in [0.1, 0.15) is 0 Å². The summed E-state index contributed by atoms with van der Waals surface area (Å²) in [4.78, 5) is 15.3. The molecule has 1 aromatic rings. The van der Waals surface area contributed by atoms with E-state index < -0.39 is 0 Å². The molecule has 0 aliphatic carbocycles. The van der Waals surface area contributed by atoms with Crippen LogP contribution in [-0.2, 0) is 13.1 Å². The third kappa shape index (κ3) is 2.70. The van der Waals surface area contributed by atoms with E-state index in [0.29, 0.717) is 6.54 Å². The Morgan fingerprint density at radius 2 is 2.22 bits per heavy atom. The SMILES string of the molecule is CCCN(C)Cc1cc(SC)c2c(c1)C(=O)NC2. The molecule has 0 fully saturated rings. The monoisotopic (exact) mass is 264 g/mol. The van der Waals surface area contributed by atoms with E-state index in [1.54, 1.807) is 11.8 Å². The first kappa shape index (κ1) is 13.4. The molecule has 1 heterocycles. The maximum absolute atomic E-state index is 11.8. The second-order valence-corrected chi connectivity index (χ2v) is 5.59. The highest BCUT2D eigenvalue weighted by molar-refractivity contribution is 7.98. The van der Waals surface area contributed by atoms with Crippen molar-refractivity contribution in [3.8, 4) is 0 Å². The Hall–Kier alpha value is -1.00. The van der Waals surface area contributed by atoms with E-state index in [2.05, 4.69) is 36.5 Å². The second kappa shape index (κ2) is 5.76. The summed E-state index contributed by atoms with van der Waals surface area (Å²) < 4.78 is 0. The van der Waals surface area contributed by atoms with E-state index in [1.165, 1.54) is 10.5 Å². The van der Waals surface area contributed by atoms with Crippen molar-refractivity contribution in [3.63, 3.8) is 0 Å². The molecule has 0 radical (unpaired) electrons. The summed E-state index contributed by atoms with van der Waals surface area (Å²) in [6.45, 7) is 4.84. The number of carbonyl (C=O) groups excluding carboxylic acids is 1. The van der Waals surface area contributed by atoms with E-state index >= 15 is 0 Å². The Kier molecular flexibility index (Phi) is 4.30. The van der Waals surface area contributed by atoms with Gasteiger partial charge in [-0.25, -0.2) is 0 Å². The van der Waals surface area contributed by atoms with Gasteiger partial charge in [0.05, 0.1) is 0 Å². The maximum atomic E-state index is 11.8. The third-order valence-corrected chi connectivity index (χ3v) is 4.02. The number of nitrogens with one attached hydrogen (secondary N) is 1. The molecule has 98 valence electrons. The first-order valence-corrected chi connectivity index (χ1v) is 7.54. The van der Waals surface area contributed by atoms with Crippen LogP contribution in [0.4, 0.5) is 0 Å². The Labute approximate surface area is 113 Å². The number of thioether (sulfide) groups is 1. The van der Waals surface area contributed by atoms with Gasteiger partial charge in [-0.15, -0.1) is 11.8 Å². The van der Waals surface area contributed by atoms with Crippen molar-refractivity contribution in [2.24, 2.45) is 0 Å². The van der Waals surface area contributed by atoms with Crippen molar-refractivity contribution >= 4 is 17.7 Å². The molecule has 18 heavy (non-hydrogen) atoms. The van der Waals surface area contributed by atoms with Crippen molar-refractivity contribution in [3.05, 3.63) is 28.8 Å². The highest BCUT2D eigenvalue weighted by Gasteiger charge is 2.22. The minimum Gasteiger partial charge on any atom is -0.348 e. The molecule has 0 bridgehead atoms. The lowest BCUT2D eigenvalue weighted by Gasteiger charge is -2.17. The molecule has 1 amide bonds. The van der Waals surface area contributed by atoms with Crippen LogP contribution in [-0.4, -0.2) is 30.7 Å². The van der Waals surface area contributed by atoms with Crippen LogP contribution in [0.2, 0.25) is 0 Å². The Morgan fingerprint density at radius 1 is 1.44 bits per heavy atom. The van der Waals surface area contributed by atoms with Crippen LogP contribution in [0.3, 0.4) is 0 Å². The van der Waals surface area contributed by atoms with Crippen LogP contribution in [0.15, 0.2) is 17.0 Å². The summed E-state index contributed by atoms with van der Waals surface area (Å²) in [5, 5.41) is 2.90. The van der Waals surface area contributed by atoms with Crippen molar-refractivity contribution in [1.82, 2.24) is 10.2 Å². The lowest BCUT2D eigenvalue weighted by molar-refractivity contribution is 0.0965. The Bertz CT molecular complexity index is 459. The van der Waals surface area contributed by atoms with Crippen molar-refractivity contribution in [2.75, 3.05) is 19.8 Å². The molecular weight excluding hydrogens is 244 g/mol. The Morgan fingerprint density at radius 3 is 2.89 bits per heavy atom. The zero-order valence-corrected chi connectivity index (χ0v) is 12.1. The van der Waals surface area contributed by atoms with E-state index in [-0.39, 0.29) is 5.91 Å². The summed E-state index contributed by atoms with van der Waals surface area (Å²) in [6.07, 6.45) is 3.22. The number of fused-ring (bicyclic) bond motifs is 1. The minimum atomic E-state index is 0.0697. The summed E-state index contributed by atoms with van der Waals surface area (Å²) in [7, 11) is 2.12. The molecule has 3 nitrogen and oxygen atoms in total. The molecule has 1 aromatic carbocycles. The van der Waals surface area contributed by atoms with Gasteiger partial charge in [0.15, 0.2) is 0 Å². The minimum absolute atomic E-state index is 0.0697. The number of carbonyl (C=O) groups is 1. The predicted molar refractivity (Wildman–Crippen MR) is 76.0 cm³/mol. The molecule has 1 aliphatic rings. The molecule has 2 rings (SSSR count). The fraction of sp³-hybridized carbons (Fsp3) is 0.500. The second-order valence-electron chi connectivity index (χ2n) is 4.74. The van der Waals surface area contributed by atoms with Crippen molar-refractivity contribution in [2.45, 2.75) is 31.3 Å². The lowest BCUT2D eigenvalue weighted by atomic mass is 10.1. The smallest absolute Gasteiger partial charge is 0.251 e. The largest absolute Gasteiger partial charge is 0.348 e. The van der Waals surface area contributed by atoms with Gasteiger partial charge in [0.25, 0.3) is 5.91 Å². The summed E-state index contributed by atoms with van der Waals surface area (Å²) in [6, 6.07) is 4.26. The molecule has 4 heteroatoms. The van der Waals surface area contributed by atoms with Gasteiger partial charge < -0.3 is 10.2 Å². The van der Waals surface area contributed by atoms with Gasteiger partial charge in [0, 0.05) is 23.5 Å². The van der Waals surface area contributed by atoms with Crippen LogP contribution in [0.1, 0.15) is 34.8 Å². The molecule has 0 saturated carbocycles. The molecule has 1 N–H and O–H groups in total. The fourth-order valence-corrected chi connectivity index (χ4v) is 3.09. The number of amides is 1. The van der Waals surface area contributed by atoms with E-state index in [4.69, 9.17) is 0 Å². The third-order valence-electron chi connectivity index (χ3n) is 3.22. The average molecular weight is 264 g/mol. The van der Waals surface area contributed by atoms with Crippen LogP contribution >= 0.6 is 11.8 Å². The lowest BCUT2D eigenvalue weighted by Crippen LogP contribution is -2.19. The highest BCUT2D eigenvalue weighted by atomic mass is 32.2. The fourth-order valence-electron chi connectivity index (χ4n) is 2.40. The number of benzene rings is 1. The van der Waals surface area contributed by atoms with Crippen LogP contribution in [0.5, 0.6) is 0 Å². The summed E-state index contributed by atoms with van der Waals surface area (Å²) >= 11 is 1.72. The van der Waals surface area contributed by atoms with E-state index in [1.807, 2.05) is 6.07 Å². The molecular formula is C14H20N2OS. The average Bonchev–Trinajstić information content (AvgIpc) is 2.71. The predicted octanol–water partition coefficient (Wildman–Crippen LogP) is 2.49. The summed E-state index contributed by atoms with van der Waals surface area (Å²) in [5.74, 6) is 0.0697. The number of hydrogen-bond donors (Lipinski definition) is 1. The Balaban J connectivity index is 2.27. The molecule has 0 aromatic heterocycles. The number of hydrogen-bond acceptors (Lipinski definition) is 3. The standard InChI is InChI=1S/C14H20N2OS/c1-4-5-16(2)9-10-6-11-12(8-15-14(11)17)13(7-10)18-3/h6-7H,4-5,8-9H2,1-3H3,(H,15,17). The van der Waals surface area contributed by atoms with Gasteiger partial charge in [-0.3, -0.25) is 4.79 Å². The molecule has 0 saturated heterocycles. The van der Waals surface area contributed by atoms with Gasteiger partial charge in [-0.1, -0.05) is 6.92 Å². The van der Waals surface area contributed by atoms with Gasteiger partial charge in [0.2, 0.25) is 0 Å². The molecule has 0 spiro atoms. The first-order valence-electron chi connectivity index (χ1n) is 6.32. The molecule has 1 aliphatic heterocycles. The topological polar surface area (TPSA) is 32.3 Å². The van der Waals surface area contributed by atoms with E-state index in [0.717, 1.165) is 30.6 Å². The number of rotatable bonds is 5. The molecule has 0 atom stereocenters. The number of nitrogens with zero attached hydrogens (tertiary/aromatic N) is 1. The maximum Gasteiger partial charge on any atom is 0.251 e.